The fourth-order valence-electron chi connectivity index (χ4n) is 11.5. The van der Waals surface area contributed by atoms with Crippen LogP contribution in [0.4, 0.5) is 4.39 Å². The monoisotopic (exact) mass is 813 g/mol. The highest BCUT2D eigenvalue weighted by Crippen LogP contribution is 2.62. The Morgan fingerprint density at radius 3 is 2.55 bits per heavy atom. The Morgan fingerprint density at radius 2 is 1.81 bits per heavy atom. The molecule has 0 aliphatic heterocycles. The fraction of sp³-hybridized carbons (Fsp3) is 0.580. The van der Waals surface area contributed by atoms with E-state index < -0.39 is 29.0 Å². The summed E-state index contributed by atoms with van der Waals surface area (Å²) in [6, 6.07) is 20.4. The summed E-state index contributed by atoms with van der Waals surface area (Å²) in [6.45, 7) is 11.4. The summed E-state index contributed by atoms with van der Waals surface area (Å²) in [4.78, 5) is 16.8. The molecule has 0 aromatic heterocycles. The van der Waals surface area contributed by atoms with Gasteiger partial charge in [-0.2, -0.15) is 0 Å². The Morgan fingerprint density at radius 1 is 1.02 bits per heavy atom. The van der Waals surface area contributed by atoms with Crippen molar-refractivity contribution in [1.29, 1.82) is 0 Å². The predicted molar refractivity (Wildman–Crippen MR) is 230 cm³/mol. The molecule has 4 bridgehead atoms. The van der Waals surface area contributed by atoms with Crippen molar-refractivity contribution in [2.24, 2.45) is 28.6 Å². The minimum Gasteiger partial charge on any atom is -0.393 e. The summed E-state index contributed by atoms with van der Waals surface area (Å²) in [5.74, 6) is 0.990. The second kappa shape index (κ2) is 18.0. The first kappa shape index (κ1) is 43.2. The first-order chi connectivity index (χ1) is 27.7. The average Bonchev–Trinajstić information content (AvgIpc) is 3.43. The standard InChI is InChI=1S/C50H65ClFNO5/c1-33-10-9-22-49(4)43(40-20-16-35(24-38(54)19-15-33)25-41(40)47(56)27-42-45(51)13-8-14-46(42)52)21-23-50(49,57)32-53(28-36-17-18-37-26-44(36)48(37,2)3)29-39(55)31-58-30-34-11-6-5-7-12-34/h5-8,10-14,16,20,25,36-39,43-44,54-55,57H,9,15,17-19,21-24,26-32H2,1-4H3. The molecule has 0 heterocycles. The quantitative estimate of drug-likeness (QED) is 0.118. The van der Waals surface area contributed by atoms with E-state index in [9.17, 15) is 20.1 Å². The molecular weight excluding hydrogens is 749 g/mol. The van der Waals surface area contributed by atoms with Crippen LogP contribution in [0.3, 0.4) is 0 Å². The van der Waals surface area contributed by atoms with Crippen molar-refractivity contribution >= 4 is 17.4 Å². The Hall–Kier alpha value is -2.91. The van der Waals surface area contributed by atoms with Crippen molar-refractivity contribution in [3.05, 3.63) is 117 Å². The van der Waals surface area contributed by atoms with Gasteiger partial charge in [0.05, 0.1) is 31.0 Å². The van der Waals surface area contributed by atoms with Gasteiger partial charge in [0.25, 0.3) is 0 Å². The second-order valence-corrected chi connectivity index (χ2v) is 19.7. The minimum atomic E-state index is -1.13. The summed E-state index contributed by atoms with van der Waals surface area (Å²) in [5, 5.41) is 36.1. The van der Waals surface area contributed by atoms with Crippen LogP contribution in [0.2, 0.25) is 5.02 Å². The number of ether oxygens (including phenoxy) is 1. The molecule has 9 rings (SSSR count). The van der Waals surface area contributed by atoms with Crippen LogP contribution in [-0.2, 0) is 24.2 Å². The summed E-state index contributed by atoms with van der Waals surface area (Å²) in [7, 11) is 0. The highest BCUT2D eigenvalue weighted by Gasteiger charge is 2.58. The first-order valence-corrected chi connectivity index (χ1v) is 22.2. The van der Waals surface area contributed by atoms with E-state index in [1.165, 1.54) is 24.5 Å². The molecule has 6 aliphatic rings. The lowest BCUT2D eigenvalue weighted by Crippen LogP contribution is -2.58. The fourth-order valence-corrected chi connectivity index (χ4v) is 11.8. The van der Waals surface area contributed by atoms with Gasteiger partial charge in [-0.3, -0.25) is 9.69 Å². The highest BCUT2D eigenvalue weighted by atomic mass is 35.5. The van der Waals surface area contributed by atoms with E-state index >= 15 is 4.39 Å². The Kier molecular flexibility index (Phi) is 13.4. The molecule has 0 saturated heterocycles. The van der Waals surface area contributed by atoms with Crippen LogP contribution >= 0.6 is 11.6 Å². The average molecular weight is 815 g/mol. The normalized spacial score (nSPS) is 30.0. The third kappa shape index (κ3) is 9.21. The maximum Gasteiger partial charge on any atom is 0.167 e. The van der Waals surface area contributed by atoms with E-state index in [2.05, 4.69) is 38.7 Å². The molecule has 3 N–H and O–H groups in total. The number of nitrogens with zero attached hydrogens (tertiary/aromatic N) is 1. The van der Waals surface area contributed by atoms with Crippen LogP contribution in [0.25, 0.3) is 0 Å². The minimum absolute atomic E-state index is 0.162. The zero-order valence-corrected chi connectivity index (χ0v) is 35.8. The smallest absolute Gasteiger partial charge is 0.167 e. The van der Waals surface area contributed by atoms with Gasteiger partial charge < -0.3 is 20.1 Å². The molecule has 3 aromatic rings. The molecule has 4 saturated carbocycles. The number of fused-ring (bicyclic) bond motifs is 10. The van der Waals surface area contributed by atoms with Gasteiger partial charge in [0.1, 0.15) is 5.82 Å². The van der Waals surface area contributed by atoms with Crippen molar-refractivity contribution in [3.63, 3.8) is 0 Å². The lowest BCUT2D eigenvalue weighted by atomic mass is 9.45. The molecule has 8 atom stereocenters. The number of hydrogen-bond donors (Lipinski definition) is 3. The number of hydrogen-bond acceptors (Lipinski definition) is 6. The topological polar surface area (TPSA) is 90.2 Å². The van der Waals surface area contributed by atoms with Crippen LogP contribution in [0.15, 0.2) is 78.4 Å². The number of Topliss-reactive ketones (excluding diaryl/α,β-unsaturated/α-hetero) is 1. The third-order valence-electron chi connectivity index (χ3n) is 15.2. The molecule has 8 unspecified atom stereocenters. The number of benzene rings is 3. The number of ketones is 1. The molecule has 6 aliphatic carbocycles. The van der Waals surface area contributed by atoms with E-state index in [1.807, 2.05) is 48.5 Å². The number of rotatable bonds is 13. The first-order valence-electron chi connectivity index (χ1n) is 21.8. The molecule has 0 radical (unpaired) electrons. The lowest BCUT2D eigenvalue weighted by molar-refractivity contribution is -0.127. The van der Waals surface area contributed by atoms with E-state index in [1.54, 1.807) is 12.1 Å². The molecule has 314 valence electrons. The van der Waals surface area contributed by atoms with E-state index in [0.29, 0.717) is 74.6 Å². The van der Waals surface area contributed by atoms with Crippen molar-refractivity contribution in [2.45, 2.75) is 129 Å². The van der Waals surface area contributed by atoms with Gasteiger partial charge in [0, 0.05) is 47.6 Å². The van der Waals surface area contributed by atoms with Gasteiger partial charge in [0.15, 0.2) is 5.78 Å². The molecular formula is C50H65ClFNO5. The predicted octanol–water partition coefficient (Wildman–Crippen LogP) is 9.89. The zero-order chi connectivity index (χ0) is 41.2. The van der Waals surface area contributed by atoms with Crippen LogP contribution in [0.1, 0.15) is 124 Å². The largest absolute Gasteiger partial charge is 0.393 e. The molecule has 4 fully saturated rings. The van der Waals surface area contributed by atoms with Crippen molar-refractivity contribution in [3.8, 4) is 0 Å². The van der Waals surface area contributed by atoms with E-state index in [-0.39, 0.29) is 35.3 Å². The zero-order valence-electron chi connectivity index (χ0n) is 35.1. The lowest BCUT2D eigenvalue weighted by Gasteiger charge is -2.61. The number of aliphatic hydroxyl groups excluding tert-OH is 2. The summed E-state index contributed by atoms with van der Waals surface area (Å²) < 4.78 is 21.1. The second-order valence-electron chi connectivity index (χ2n) is 19.3. The molecule has 6 nitrogen and oxygen atoms in total. The van der Waals surface area contributed by atoms with Crippen LogP contribution < -0.4 is 0 Å². The van der Waals surface area contributed by atoms with Gasteiger partial charge in [-0.05, 0) is 135 Å². The maximum absolute atomic E-state index is 15.1. The summed E-state index contributed by atoms with van der Waals surface area (Å²) in [5.41, 5.74) is 3.24. The van der Waals surface area contributed by atoms with E-state index in [0.717, 1.165) is 48.4 Å². The molecule has 3 aromatic carbocycles. The van der Waals surface area contributed by atoms with Gasteiger partial charge in [-0.25, -0.2) is 4.39 Å². The van der Waals surface area contributed by atoms with Crippen LogP contribution in [0, 0.1) is 34.4 Å². The Bertz CT molecular complexity index is 1910. The van der Waals surface area contributed by atoms with Crippen LogP contribution in [-0.4, -0.2) is 70.1 Å². The molecule has 8 heteroatoms. The molecule has 0 amide bonds. The van der Waals surface area contributed by atoms with Gasteiger partial charge in [-0.15, -0.1) is 0 Å². The van der Waals surface area contributed by atoms with E-state index in [4.69, 9.17) is 16.3 Å². The van der Waals surface area contributed by atoms with Crippen molar-refractivity contribution in [2.75, 3.05) is 26.2 Å². The molecule has 58 heavy (non-hydrogen) atoms. The third-order valence-corrected chi connectivity index (χ3v) is 15.6. The van der Waals surface area contributed by atoms with Gasteiger partial charge >= 0.3 is 0 Å². The number of halogens is 2. The summed E-state index contributed by atoms with van der Waals surface area (Å²) in [6.07, 6.45) is 8.88. The number of allylic oxidation sites excluding steroid dienone is 2. The highest BCUT2D eigenvalue weighted by molar-refractivity contribution is 6.31. The van der Waals surface area contributed by atoms with Crippen LogP contribution in [0.5, 0.6) is 0 Å². The SMILES string of the molecule is CC1=CCCC2(C)C(CCC2(O)CN(CC(O)COCc2ccccc2)CC2CCC3CC2C3(C)C)c2ccc(cc2C(=O)Cc2c(F)cccc2Cl)CC(O)CC1. The van der Waals surface area contributed by atoms with Crippen molar-refractivity contribution in [1.82, 2.24) is 4.90 Å². The Balaban J connectivity index is 1.21. The maximum atomic E-state index is 15.1. The number of carbonyl (C=O) groups excluding carboxylic acids is 1. The van der Waals surface area contributed by atoms with Crippen molar-refractivity contribution < 1.29 is 29.2 Å². The number of aliphatic hydroxyl groups is 3. The number of carbonyl (C=O) groups is 1. The molecule has 0 spiro atoms. The van der Waals surface area contributed by atoms with Gasteiger partial charge in [-0.1, -0.05) is 92.6 Å². The summed E-state index contributed by atoms with van der Waals surface area (Å²) >= 11 is 6.45. The van der Waals surface area contributed by atoms with Gasteiger partial charge in [0.2, 0.25) is 0 Å². The Labute approximate surface area is 350 Å².